The van der Waals surface area contributed by atoms with E-state index in [0.29, 0.717) is 0 Å². The first kappa shape index (κ1) is 13.8. The van der Waals surface area contributed by atoms with Gasteiger partial charge < -0.3 is 4.90 Å². The summed E-state index contributed by atoms with van der Waals surface area (Å²) in [4.78, 5) is 14.2. The average Bonchev–Trinajstić information content (AvgIpc) is 2.87. The largest absolute Gasteiger partial charge is 0.331 e. The molecule has 1 unspecified atom stereocenters. The molecule has 1 aliphatic rings. The molecule has 1 aliphatic heterocycles. The van der Waals surface area contributed by atoms with Crippen molar-refractivity contribution in [2.75, 3.05) is 7.05 Å². The van der Waals surface area contributed by atoms with E-state index in [-0.39, 0.29) is 11.9 Å². The highest BCUT2D eigenvalue weighted by Gasteiger charge is 2.34. The lowest BCUT2D eigenvalue weighted by Crippen LogP contribution is -2.23. The summed E-state index contributed by atoms with van der Waals surface area (Å²) < 4.78 is 0. The zero-order valence-electron chi connectivity index (χ0n) is 12.9. The van der Waals surface area contributed by atoms with E-state index in [1.54, 1.807) is 0 Å². The molecule has 3 aromatic carbocycles. The van der Waals surface area contributed by atoms with Crippen molar-refractivity contribution >= 4 is 5.91 Å². The topological polar surface area (TPSA) is 20.3 Å². The third-order valence-electron chi connectivity index (χ3n) is 4.53. The molecule has 1 atom stereocenters. The van der Waals surface area contributed by atoms with Gasteiger partial charge in [0.1, 0.15) is 0 Å². The maximum absolute atomic E-state index is 12.4. The number of amides is 1. The van der Waals surface area contributed by atoms with E-state index in [0.717, 1.165) is 16.7 Å². The van der Waals surface area contributed by atoms with Crippen LogP contribution in [0.2, 0.25) is 0 Å². The molecule has 112 valence electrons. The highest BCUT2D eigenvalue weighted by molar-refractivity contribution is 5.99. The van der Waals surface area contributed by atoms with Gasteiger partial charge >= 0.3 is 0 Å². The molecule has 0 bridgehead atoms. The number of benzene rings is 3. The van der Waals surface area contributed by atoms with Gasteiger partial charge in [-0.3, -0.25) is 4.79 Å². The molecule has 1 heterocycles. The van der Waals surface area contributed by atoms with Crippen molar-refractivity contribution in [3.63, 3.8) is 0 Å². The van der Waals surface area contributed by atoms with Gasteiger partial charge in [-0.1, -0.05) is 72.8 Å². The molecule has 4 rings (SSSR count). The molecule has 23 heavy (non-hydrogen) atoms. The van der Waals surface area contributed by atoms with Crippen LogP contribution in [0, 0.1) is 0 Å². The fraction of sp³-hybridized carbons (Fsp3) is 0.0952. The second-order valence-corrected chi connectivity index (χ2v) is 5.89. The van der Waals surface area contributed by atoms with E-state index < -0.39 is 0 Å². The molecule has 0 saturated heterocycles. The zero-order chi connectivity index (χ0) is 15.8. The standard InChI is InChI=1S/C21H17NO/c1-22-20(18-9-5-6-10-19(18)21(22)23)17-13-11-16(12-14-17)15-7-3-2-4-8-15/h2-14,20H,1H3. The van der Waals surface area contributed by atoms with Crippen LogP contribution in [0.1, 0.15) is 27.5 Å². The van der Waals surface area contributed by atoms with Crippen LogP contribution in [0.5, 0.6) is 0 Å². The highest BCUT2D eigenvalue weighted by atomic mass is 16.2. The summed E-state index contributed by atoms with van der Waals surface area (Å²) >= 11 is 0. The van der Waals surface area contributed by atoms with Gasteiger partial charge in [0, 0.05) is 12.6 Å². The third-order valence-corrected chi connectivity index (χ3v) is 4.53. The summed E-state index contributed by atoms with van der Waals surface area (Å²) in [5.74, 6) is 0.0951. The maximum atomic E-state index is 12.4. The molecule has 0 aromatic heterocycles. The van der Waals surface area contributed by atoms with Crippen LogP contribution in [-0.2, 0) is 0 Å². The SMILES string of the molecule is CN1C(=O)c2ccccc2C1c1ccc(-c2ccccc2)cc1. The first-order valence-corrected chi connectivity index (χ1v) is 7.77. The van der Waals surface area contributed by atoms with Crippen molar-refractivity contribution in [2.24, 2.45) is 0 Å². The van der Waals surface area contributed by atoms with Gasteiger partial charge in [-0.05, 0) is 28.3 Å². The van der Waals surface area contributed by atoms with Crippen molar-refractivity contribution in [1.29, 1.82) is 0 Å². The first-order chi connectivity index (χ1) is 11.3. The summed E-state index contributed by atoms with van der Waals surface area (Å²) in [7, 11) is 1.87. The molecule has 0 radical (unpaired) electrons. The smallest absolute Gasteiger partial charge is 0.254 e. The molecule has 0 spiro atoms. The Morgan fingerprint density at radius 2 is 1.35 bits per heavy atom. The van der Waals surface area contributed by atoms with Crippen LogP contribution >= 0.6 is 0 Å². The summed E-state index contributed by atoms with van der Waals surface area (Å²) in [5, 5.41) is 0. The number of hydrogen-bond donors (Lipinski definition) is 0. The fourth-order valence-corrected chi connectivity index (χ4v) is 3.34. The van der Waals surface area contributed by atoms with Crippen molar-refractivity contribution < 1.29 is 4.79 Å². The van der Waals surface area contributed by atoms with Crippen LogP contribution in [0.4, 0.5) is 0 Å². The minimum absolute atomic E-state index is 0.00326. The third kappa shape index (κ3) is 2.23. The van der Waals surface area contributed by atoms with E-state index >= 15 is 0 Å². The quantitative estimate of drug-likeness (QED) is 0.681. The number of fused-ring (bicyclic) bond motifs is 1. The van der Waals surface area contributed by atoms with Crippen LogP contribution < -0.4 is 0 Å². The molecule has 0 saturated carbocycles. The van der Waals surface area contributed by atoms with Crippen molar-refractivity contribution in [1.82, 2.24) is 4.90 Å². The van der Waals surface area contributed by atoms with Gasteiger partial charge in [0.25, 0.3) is 5.91 Å². The number of rotatable bonds is 2. The molecule has 0 fully saturated rings. The van der Waals surface area contributed by atoms with Crippen molar-refractivity contribution in [3.8, 4) is 11.1 Å². The molecule has 0 aliphatic carbocycles. The number of nitrogens with zero attached hydrogens (tertiary/aromatic N) is 1. The molecule has 2 nitrogen and oxygen atoms in total. The summed E-state index contributed by atoms with van der Waals surface area (Å²) in [5.41, 5.74) is 5.44. The Morgan fingerprint density at radius 1 is 0.739 bits per heavy atom. The van der Waals surface area contributed by atoms with Crippen molar-refractivity contribution in [3.05, 3.63) is 95.6 Å². The second kappa shape index (κ2) is 5.40. The fourth-order valence-electron chi connectivity index (χ4n) is 3.34. The first-order valence-electron chi connectivity index (χ1n) is 7.77. The van der Waals surface area contributed by atoms with E-state index in [1.165, 1.54) is 11.1 Å². The van der Waals surface area contributed by atoms with Crippen LogP contribution in [0.25, 0.3) is 11.1 Å². The van der Waals surface area contributed by atoms with Crippen LogP contribution in [0.3, 0.4) is 0 Å². The monoisotopic (exact) mass is 299 g/mol. The predicted molar refractivity (Wildman–Crippen MR) is 92.3 cm³/mol. The van der Waals surface area contributed by atoms with Crippen LogP contribution in [0.15, 0.2) is 78.9 Å². The number of hydrogen-bond acceptors (Lipinski definition) is 1. The molecule has 1 amide bonds. The van der Waals surface area contributed by atoms with Gasteiger partial charge in [-0.25, -0.2) is 0 Å². The molecule has 2 heteroatoms. The predicted octanol–water partition coefficient (Wildman–Crippen LogP) is 4.53. The van der Waals surface area contributed by atoms with Crippen molar-refractivity contribution in [2.45, 2.75) is 6.04 Å². The van der Waals surface area contributed by atoms with Gasteiger partial charge in [0.15, 0.2) is 0 Å². The Morgan fingerprint density at radius 3 is 2.09 bits per heavy atom. The van der Waals surface area contributed by atoms with E-state index in [1.807, 2.05) is 54.4 Å². The molecule has 0 N–H and O–H groups in total. The summed E-state index contributed by atoms with van der Waals surface area (Å²) in [6.45, 7) is 0. The van der Waals surface area contributed by atoms with Crippen LogP contribution in [-0.4, -0.2) is 17.9 Å². The Kier molecular flexibility index (Phi) is 3.23. The average molecular weight is 299 g/mol. The summed E-state index contributed by atoms with van der Waals surface area (Å²) in [6, 6.07) is 26.7. The Hall–Kier alpha value is -2.87. The Balaban J connectivity index is 1.73. The Labute approximate surface area is 136 Å². The molecule has 3 aromatic rings. The minimum Gasteiger partial charge on any atom is -0.331 e. The summed E-state index contributed by atoms with van der Waals surface area (Å²) in [6.07, 6.45) is 0. The minimum atomic E-state index is 0.00326. The second-order valence-electron chi connectivity index (χ2n) is 5.89. The highest BCUT2D eigenvalue weighted by Crippen LogP contribution is 2.37. The van der Waals surface area contributed by atoms with Gasteiger partial charge in [0.2, 0.25) is 0 Å². The molecular formula is C21H17NO. The lowest BCUT2D eigenvalue weighted by Gasteiger charge is -2.21. The lowest BCUT2D eigenvalue weighted by atomic mass is 9.96. The number of carbonyl (C=O) groups is 1. The van der Waals surface area contributed by atoms with E-state index in [9.17, 15) is 4.79 Å². The van der Waals surface area contributed by atoms with E-state index in [4.69, 9.17) is 0 Å². The Bertz CT molecular complexity index is 853. The normalized spacial score (nSPS) is 16.5. The molecular weight excluding hydrogens is 282 g/mol. The van der Waals surface area contributed by atoms with E-state index in [2.05, 4.69) is 36.4 Å². The zero-order valence-corrected chi connectivity index (χ0v) is 12.9. The van der Waals surface area contributed by atoms with Gasteiger partial charge in [-0.15, -0.1) is 0 Å². The van der Waals surface area contributed by atoms with Gasteiger partial charge in [0.05, 0.1) is 6.04 Å². The maximum Gasteiger partial charge on any atom is 0.254 e. The number of carbonyl (C=O) groups excluding carboxylic acids is 1. The van der Waals surface area contributed by atoms with Gasteiger partial charge in [-0.2, -0.15) is 0 Å². The lowest BCUT2D eigenvalue weighted by molar-refractivity contribution is 0.0793.